The fourth-order valence-corrected chi connectivity index (χ4v) is 1.40. The third-order valence-electron chi connectivity index (χ3n) is 2.42. The maximum absolute atomic E-state index is 13.0. The van der Waals surface area contributed by atoms with Crippen molar-refractivity contribution in [2.45, 2.75) is 0 Å². The van der Waals surface area contributed by atoms with E-state index in [-0.39, 0.29) is 23.8 Å². The largest absolute Gasteiger partial charge is 0.360 e. The maximum Gasteiger partial charge on any atom is 0.295 e. The Balaban J connectivity index is 3.02. The van der Waals surface area contributed by atoms with Gasteiger partial charge in [-0.15, -0.1) is 0 Å². The second kappa shape index (κ2) is 5.44. The highest BCUT2D eigenvalue weighted by molar-refractivity contribution is 5.82. The first-order valence-corrected chi connectivity index (χ1v) is 5.18. The molecule has 0 heterocycles. The smallest absolute Gasteiger partial charge is 0.295 e. The lowest BCUT2D eigenvalue weighted by molar-refractivity contribution is -0.384. The highest BCUT2D eigenvalue weighted by Gasteiger charge is 2.20. The molecule has 0 aliphatic carbocycles. The van der Waals surface area contributed by atoms with Crippen LogP contribution in [0.3, 0.4) is 0 Å². The fraction of sp³-hybridized carbons (Fsp3) is 0.364. The number of hydrogen-bond donors (Lipinski definition) is 0. The van der Waals surface area contributed by atoms with E-state index in [9.17, 15) is 19.3 Å². The van der Waals surface area contributed by atoms with Crippen molar-refractivity contribution in [2.75, 3.05) is 32.6 Å². The van der Waals surface area contributed by atoms with Crippen molar-refractivity contribution >= 4 is 17.3 Å². The molecule has 1 rings (SSSR count). The Morgan fingerprint density at radius 3 is 2.50 bits per heavy atom. The Morgan fingerprint density at radius 2 is 2.00 bits per heavy atom. The first-order valence-electron chi connectivity index (χ1n) is 5.18. The molecular formula is C11H14FN3O3. The minimum absolute atomic E-state index is 0.0144. The van der Waals surface area contributed by atoms with Gasteiger partial charge in [-0.25, -0.2) is 4.39 Å². The molecule has 0 aliphatic rings. The number of carbonyl (C=O) groups excluding carboxylic acids is 1. The molecule has 0 radical (unpaired) electrons. The Labute approximate surface area is 104 Å². The molecule has 0 unspecified atom stereocenters. The van der Waals surface area contributed by atoms with E-state index >= 15 is 0 Å². The number of likely N-dealkylation sites (N-methyl/N-ethyl adjacent to an activating group) is 2. The van der Waals surface area contributed by atoms with E-state index in [4.69, 9.17) is 0 Å². The number of benzene rings is 1. The van der Waals surface area contributed by atoms with E-state index in [1.807, 2.05) is 0 Å². The van der Waals surface area contributed by atoms with Crippen molar-refractivity contribution in [3.8, 4) is 0 Å². The topological polar surface area (TPSA) is 66.7 Å². The van der Waals surface area contributed by atoms with Gasteiger partial charge in [0.2, 0.25) is 5.91 Å². The summed E-state index contributed by atoms with van der Waals surface area (Å²) in [6.45, 7) is -0.0144. The van der Waals surface area contributed by atoms with Gasteiger partial charge < -0.3 is 9.80 Å². The van der Waals surface area contributed by atoms with Crippen LogP contribution in [0.25, 0.3) is 0 Å². The van der Waals surface area contributed by atoms with E-state index < -0.39 is 10.7 Å². The van der Waals surface area contributed by atoms with Gasteiger partial charge in [0.05, 0.1) is 17.5 Å². The molecule has 0 aliphatic heterocycles. The standard InChI is InChI=1S/C11H14FN3O3/c1-13(2)11(16)7-14(3)9-5-4-8(12)6-10(9)15(17)18/h4-6H,7H2,1-3H3. The monoisotopic (exact) mass is 255 g/mol. The van der Waals surface area contributed by atoms with E-state index in [0.29, 0.717) is 0 Å². The predicted molar refractivity (Wildman–Crippen MR) is 65.0 cm³/mol. The molecule has 7 heteroatoms. The molecule has 1 aromatic carbocycles. The van der Waals surface area contributed by atoms with Crippen molar-refractivity contribution in [2.24, 2.45) is 0 Å². The summed E-state index contributed by atoms with van der Waals surface area (Å²) in [5.41, 5.74) is -0.152. The first kappa shape index (κ1) is 13.9. The summed E-state index contributed by atoms with van der Waals surface area (Å²) in [5, 5.41) is 10.8. The predicted octanol–water partition coefficient (Wildman–Crippen LogP) is 1.26. The van der Waals surface area contributed by atoms with Gasteiger partial charge in [0.25, 0.3) is 5.69 Å². The Hall–Kier alpha value is -2.18. The van der Waals surface area contributed by atoms with E-state index in [1.165, 1.54) is 15.9 Å². The molecule has 0 saturated carbocycles. The second-order valence-electron chi connectivity index (χ2n) is 4.03. The van der Waals surface area contributed by atoms with Gasteiger partial charge >= 0.3 is 0 Å². The Bertz CT molecular complexity index is 477. The van der Waals surface area contributed by atoms with Crippen molar-refractivity contribution < 1.29 is 14.1 Å². The van der Waals surface area contributed by atoms with Crippen LogP contribution in [0.5, 0.6) is 0 Å². The zero-order valence-electron chi connectivity index (χ0n) is 10.4. The Morgan fingerprint density at radius 1 is 1.39 bits per heavy atom. The summed E-state index contributed by atoms with van der Waals surface area (Å²) in [4.78, 5) is 24.5. The molecule has 1 amide bonds. The quantitative estimate of drug-likeness (QED) is 0.600. The minimum Gasteiger partial charge on any atom is -0.360 e. The van der Waals surface area contributed by atoms with Gasteiger partial charge in [-0.05, 0) is 12.1 Å². The summed E-state index contributed by atoms with van der Waals surface area (Å²) in [6.07, 6.45) is 0. The number of halogens is 1. The third-order valence-corrected chi connectivity index (χ3v) is 2.42. The van der Waals surface area contributed by atoms with Crippen LogP contribution in [0.2, 0.25) is 0 Å². The molecule has 0 spiro atoms. The number of nitrogens with zero attached hydrogens (tertiary/aromatic N) is 3. The molecular weight excluding hydrogens is 241 g/mol. The molecule has 6 nitrogen and oxygen atoms in total. The van der Waals surface area contributed by atoms with Crippen LogP contribution in [0.1, 0.15) is 0 Å². The van der Waals surface area contributed by atoms with E-state index in [2.05, 4.69) is 0 Å². The average Bonchev–Trinajstić information content (AvgIpc) is 2.28. The maximum atomic E-state index is 13.0. The number of nitro groups is 1. The van der Waals surface area contributed by atoms with Crippen molar-refractivity contribution in [1.82, 2.24) is 4.90 Å². The van der Waals surface area contributed by atoms with Crippen LogP contribution >= 0.6 is 0 Å². The molecule has 0 atom stereocenters. The number of carbonyl (C=O) groups is 1. The van der Waals surface area contributed by atoms with Gasteiger partial charge in [-0.2, -0.15) is 0 Å². The zero-order chi connectivity index (χ0) is 13.9. The fourth-order valence-electron chi connectivity index (χ4n) is 1.40. The molecule has 18 heavy (non-hydrogen) atoms. The number of rotatable bonds is 4. The molecule has 0 aromatic heterocycles. The SMILES string of the molecule is CN(C)C(=O)CN(C)c1ccc(F)cc1[N+](=O)[O-]. The van der Waals surface area contributed by atoms with Crippen LogP contribution < -0.4 is 4.90 Å². The van der Waals surface area contributed by atoms with Crippen LogP contribution in [-0.4, -0.2) is 43.4 Å². The number of amides is 1. The van der Waals surface area contributed by atoms with Gasteiger partial charge in [0.1, 0.15) is 11.5 Å². The molecule has 0 bridgehead atoms. The lowest BCUT2D eigenvalue weighted by atomic mass is 10.2. The summed E-state index contributed by atoms with van der Waals surface area (Å²) >= 11 is 0. The number of nitro benzene ring substituents is 1. The van der Waals surface area contributed by atoms with Crippen LogP contribution in [0, 0.1) is 15.9 Å². The lowest BCUT2D eigenvalue weighted by Crippen LogP contribution is -2.34. The Kier molecular flexibility index (Phi) is 4.19. The zero-order valence-corrected chi connectivity index (χ0v) is 10.4. The molecule has 0 fully saturated rings. The summed E-state index contributed by atoms with van der Waals surface area (Å²) in [5.74, 6) is -0.881. The average molecular weight is 255 g/mol. The van der Waals surface area contributed by atoms with Crippen LogP contribution in [0.15, 0.2) is 18.2 Å². The summed E-state index contributed by atoms with van der Waals surface area (Å²) in [6, 6.07) is 3.25. The van der Waals surface area contributed by atoms with Crippen LogP contribution in [-0.2, 0) is 4.79 Å². The van der Waals surface area contributed by atoms with Gasteiger partial charge in [-0.3, -0.25) is 14.9 Å². The molecule has 1 aromatic rings. The molecule has 98 valence electrons. The highest BCUT2D eigenvalue weighted by atomic mass is 19.1. The van der Waals surface area contributed by atoms with Crippen molar-refractivity contribution in [3.05, 3.63) is 34.1 Å². The van der Waals surface area contributed by atoms with Gasteiger partial charge in [-0.1, -0.05) is 0 Å². The van der Waals surface area contributed by atoms with E-state index in [0.717, 1.165) is 12.1 Å². The second-order valence-corrected chi connectivity index (χ2v) is 4.03. The minimum atomic E-state index is -0.683. The first-order chi connectivity index (χ1) is 8.32. The van der Waals surface area contributed by atoms with Crippen molar-refractivity contribution in [3.63, 3.8) is 0 Å². The van der Waals surface area contributed by atoms with Gasteiger partial charge in [0.15, 0.2) is 0 Å². The normalized spacial score (nSPS) is 10.0. The highest BCUT2D eigenvalue weighted by Crippen LogP contribution is 2.27. The van der Waals surface area contributed by atoms with E-state index in [1.54, 1.807) is 21.1 Å². The molecule has 0 N–H and O–H groups in total. The van der Waals surface area contributed by atoms with Crippen molar-refractivity contribution in [1.29, 1.82) is 0 Å². The lowest BCUT2D eigenvalue weighted by Gasteiger charge is -2.20. The van der Waals surface area contributed by atoms with Gasteiger partial charge in [0, 0.05) is 21.1 Å². The summed E-state index contributed by atoms with van der Waals surface area (Å²) < 4.78 is 13.0. The third kappa shape index (κ3) is 3.16. The van der Waals surface area contributed by atoms with Crippen LogP contribution in [0.4, 0.5) is 15.8 Å². The number of hydrogen-bond acceptors (Lipinski definition) is 4. The summed E-state index contributed by atoms with van der Waals surface area (Å²) in [7, 11) is 4.73. The number of anilines is 1. The molecule has 0 saturated heterocycles.